The van der Waals surface area contributed by atoms with Gasteiger partial charge in [-0.15, -0.1) is 11.3 Å². The van der Waals surface area contributed by atoms with Gasteiger partial charge in [0.15, 0.2) is 5.96 Å². The number of carbonyl (C=O) groups is 1. The van der Waals surface area contributed by atoms with Crippen molar-refractivity contribution >= 4 is 23.2 Å². The lowest BCUT2D eigenvalue weighted by Gasteiger charge is -2.18. The number of aromatic nitrogens is 1. The highest BCUT2D eigenvalue weighted by Gasteiger charge is 2.25. The lowest BCUT2D eigenvalue weighted by atomic mass is 10.3. The zero-order valence-corrected chi connectivity index (χ0v) is 15.3. The lowest BCUT2D eigenvalue weighted by molar-refractivity contribution is -0.129. The number of rotatable bonds is 5. The normalized spacial score (nSPS) is 18.3. The van der Waals surface area contributed by atoms with Crippen molar-refractivity contribution in [1.29, 1.82) is 0 Å². The Kier molecular flexibility index (Phi) is 6.38. The summed E-state index contributed by atoms with van der Waals surface area (Å²) in [5.41, 5.74) is 1.06. The van der Waals surface area contributed by atoms with Crippen LogP contribution >= 0.6 is 11.3 Å². The van der Waals surface area contributed by atoms with Crippen LogP contribution < -0.4 is 10.6 Å². The van der Waals surface area contributed by atoms with Gasteiger partial charge in [0, 0.05) is 37.0 Å². The van der Waals surface area contributed by atoms with Gasteiger partial charge in [-0.25, -0.2) is 9.98 Å². The van der Waals surface area contributed by atoms with Gasteiger partial charge in [0.05, 0.1) is 17.2 Å². The molecular formula is C16H27N5OS. The number of thiazole rings is 1. The Hall–Kier alpha value is -1.63. The lowest BCUT2D eigenvalue weighted by Crippen LogP contribution is -2.45. The van der Waals surface area contributed by atoms with Crippen molar-refractivity contribution in [2.24, 2.45) is 4.99 Å². The summed E-state index contributed by atoms with van der Waals surface area (Å²) >= 11 is 1.70. The van der Waals surface area contributed by atoms with Gasteiger partial charge >= 0.3 is 0 Å². The van der Waals surface area contributed by atoms with Crippen molar-refractivity contribution in [3.63, 3.8) is 0 Å². The Morgan fingerprint density at radius 2 is 2.22 bits per heavy atom. The van der Waals surface area contributed by atoms with Crippen LogP contribution in [0.5, 0.6) is 0 Å². The molecule has 2 N–H and O–H groups in total. The van der Waals surface area contributed by atoms with Crippen LogP contribution in [0, 0.1) is 13.8 Å². The zero-order chi connectivity index (χ0) is 16.8. The van der Waals surface area contributed by atoms with Gasteiger partial charge < -0.3 is 15.5 Å². The fraction of sp³-hybridized carbons (Fsp3) is 0.688. The molecule has 1 aliphatic heterocycles. The number of aryl methyl sites for hydroxylation is 2. The van der Waals surface area contributed by atoms with Crippen LogP contribution in [0.2, 0.25) is 0 Å². The molecule has 0 spiro atoms. The highest BCUT2D eigenvalue weighted by molar-refractivity contribution is 7.11. The first-order chi connectivity index (χ1) is 11.0. The smallest absolute Gasteiger partial charge is 0.222 e. The maximum Gasteiger partial charge on any atom is 0.222 e. The molecule has 23 heavy (non-hydrogen) atoms. The Morgan fingerprint density at radius 1 is 1.43 bits per heavy atom. The van der Waals surface area contributed by atoms with Crippen LogP contribution in [-0.4, -0.2) is 47.4 Å². The standard InChI is InChI=1S/C16H27N5OS/c1-5-15(22)21-8-7-13(10-21)20-16(17-6-2)18-9-14-11(3)19-12(4)23-14/h13H,5-10H2,1-4H3,(H2,17,18,20). The maximum atomic E-state index is 11.8. The quantitative estimate of drug-likeness (QED) is 0.635. The van der Waals surface area contributed by atoms with Gasteiger partial charge in [-0.05, 0) is 27.2 Å². The van der Waals surface area contributed by atoms with E-state index < -0.39 is 0 Å². The van der Waals surface area contributed by atoms with Crippen molar-refractivity contribution in [3.8, 4) is 0 Å². The first-order valence-corrected chi connectivity index (χ1v) is 9.10. The Balaban J connectivity index is 1.95. The fourth-order valence-electron chi connectivity index (χ4n) is 2.71. The zero-order valence-electron chi connectivity index (χ0n) is 14.5. The third kappa shape index (κ3) is 4.92. The molecule has 2 rings (SSSR count). The maximum absolute atomic E-state index is 11.8. The molecule has 0 bridgehead atoms. The second kappa shape index (κ2) is 8.29. The van der Waals surface area contributed by atoms with Crippen LogP contribution in [0.3, 0.4) is 0 Å². The van der Waals surface area contributed by atoms with E-state index >= 15 is 0 Å². The van der Waals surface area contributed by atoms with Gasteiger partial charge in [-0.2, -0.15) is 0 Å². The summed E-state index contributed by atoms with van der Waals surface area (Å²) < 4.78 is 0. The molecule has 1 atom stereocenters. The molecule has 1 aliphatic rings. The van der Waals surface area contributed by atoms with Crippen LogP contribution in [0.4, 0.5) is 0 Å². The Labute approximate surface area is 142 Å². The molecule has 0 saturated carbocycles. The Morgan fingerprint density at radius 3 is 2.83 bits per heavy atom. The molecule has 1 aromatic heterocycles. The van der Waals surface area contributed by atoms with Gasteiger partial charge in [0.2, 0.25) is 5.91 Å². The van der Waals surface area contributed by atoms with Crippen molar-refractivity contribution < 1.29 is 4.79 Å². The predicted molar refractivity (Wildman–Crippen MR) is 94.8 cm³/mol. The van der Waals surface area contributed by atoms with Crippen molar-refractivity contribution in [2.75, 3.05) is 19.6 Å². The molecule has 6 nitrogen and oxygen atoms in total. The molecule has 0 aliphatic carbocycles. The summed E-state index contributed by atoms with van der Waals surface area (Å²) in [5, 5.41) is 7.81. The summed E-state index contributed by atoms with van der Waals surface area (Å²) in [6.45, 7) is 11.1. The third-order valence-corrected chi connectivity index (χ3v) is 4.97. The van der Waals surface area contributed by atoms with Gasteiger partial charge in [-0.3, -0.25) is 4.79 Å². The number of carbonyl (C=O) groups excluding carboxylic acids is 1. The van der Waals surface area contributed by atoms with Crippen LogP contribution in [0.1, 0.15) is 42.3 Å². The first kappa shape index (κ1) is 17.7. The van der Waals surface area contributed by atoms with Gasteiger partial charge in [0.25, 0.3) is 0 Å². The van der Waals surface area contributed by atoms with E-state index in [-0.39, 0.29) is 11.9 Å². The molecule has 2 heterocycles. The van der Waals surface area contributed by atoms with Crippen molar-refractivity contribution in [3.05, 3.63) is 15.6 Å². The number of guanidine groups is 1. The molecule has 1 amide bonds. The van der Waals surface area contributed by atoms with E-state index in [4.69, 9.17) is 0 Å². The van der Waals surface area contributed by atoms with Crippen molar-refractivity contribution in [2.45, 2.75) is 53.1 Å². The topological polar surface area (TPSA) is 69.6 Å². The van der Waals surface area contributed by atoms with E-state index in [1.807, 2.05) is 25.7 Å². The molecular weight excluding hydrogens is 310 g/mol. The summed E-state index contributed by atoms with van der Waals surface area (Å²) in [5.74, 6) is 1.04. The number of hydrogen-bond donors (Lipinski definition) is 2. The van der Waals surface area contributed by atoms with E-state index in [1.165, 1.54) is 4.88 Å². The minimum atomic E-state index is 0.229. The largest absolute Gasteiger partial charge is 0.357 e. The Bertz CT molecular complexity index is 569. The minimum absolute atomic E-state index is 0.229. The predicted octanol–water partition coefficient (Wildman–Crippen LogP) is 1.83. The number of aliphatic imine (C=N–C) groups is 1. The number of hydrogen-bond acceptors (Lipinski definition) is 4. The fourth-order valence-corrected chi connectivity index (χ4v) is 3.57. The minimum Gasteiger partial charge on any atom is -0.357 e. The van der Waals surface area contributed by atoms with E-state index in [9.17, 15) is 4.79 Å². The highest BCUT2D eigenvalue weighted by atomic mass is 32.1. The van der Waals surface area contributed by atoms with Gasteiger partial charge in [-0.1, -0.05) is 6.92 Å². The molecule has 1 saturated heterocycles. The van der Waals surface area contributed by atoms with Crippen molar-refractivity contribution in [1.82, 2.24) is 20.5 Å². The molecule has 0 aromatic carbocycles. The second-order valence-corrected chi connectivity index (χ2v) is 7.05. The molecule has 128 valence electrons. The molecule has 7 heteroatoms. The first-order valence-electron chi connectivity index (χ1n) is 8.29. The molecule has 1 aromatic rings. The van der Waals surface area contributed by atoms with Gasteiger partial charge in [0.1, 0.15) is 0 Å². The monoisotopic (exact) mass is 337 g/mol. The summed E-state index contributed by atoms with van der Waals surface area (Å²) in [7, 11) is 0. The number of likely N-dealkylation sites (tertiary alicyclic amines) is 1. The SMILES string of the molecule is CCNC(=NCc1sc(C)nc1C)NC1CCN(C(=O)CC)C1. The van der Waals surface area contributed by atoms with Crippen LogP contribution in [-0.2, 0) is 11.3 Å². The molecule has 1 unspecified atom stereocenters. The van der Waals surface area contributed by atoms with E-state index in [1.54, 1.807) is 11.3 Å². The summed E-state index contributed by atoms with van der Waals surface area (Å²) in [4.78, 5) is 24.0. The third-order valence-electron chi connectivity index (χ3n) is 3.91. The molecule has 0 radical (unpaired) electrons. The summed E-state index contributed by atoms with van der Waals surface area (Å²) in [6, 6.07) is 0.271. The number of nitrogens with one attached hydrogen (secondary N) is 2. The summed E-state index contributed by atoms with van der Waals surface area (Å²) in [6.07, 6.45) is 1.54. The average Bonchev–Trinajstić information content (AvgIpc) is 3.10. The number of amides is 1. The second-order valence-electron chi connectivity index (χ2n) is 5.76. The number of nitrogens with zero attached hydrogens (tertiary/aromatic N) is 3. The van der Waals surface area contributed by atoms with Crippen LogP contribution in [0.15, 0.2) is 4.99 Å². The van der Waals surface area contributed by atoms with E-state index in [0.717, 1.165) is 42.7 Å². The van der Waals surface area contributed by atoms with E-state index in [2.05, 4.69) is 27.5 Å². The van der Waals surface area contributed by atoms with E-state index in [0.29, 0.717) is 13.0 Å². The van der Waals surface area contributed by atoms with Crippen LogP contribution in [0.25, 0.3) is 0 Å². The average molecular weight is 337 g/mol. The highest BCUT2D eigenvalue weighted by Crippen LogP contribution is 2.18. The molecule has 1 fully saturated rings.